The van der Waals surface area contributed by atoms with Gasteiger partial charge in [0.25, 0.3) is 0 Å². The van der Waals surface area contributed by atoms with Crippen molar-refractivity contribution in [3.8, 4) is 11.4 Å². The topological polar surface area (TPSA) is 70.4 Å². The van der Waals surface area contributed by atoms with Gasteiger partial charge >= 0.3 is 5.97 Å². The van der Waals surface area contributed by atoms with Crippen molar-refractivity contribution in [3.63, 3.8) is 0 Å². The quantitative estimate of drug-likeness (QED) is 0.811. The summed E-state index contributed by atoms with van der Waals surface area (Å²) in [4.78, 5) is 24.2. The molecular weight excluding hydrogens is 296 g/mol. The molecule has 1 aromatic carbocycles. The highest BCUT2D eigenvalue weighted by molar-refractivity contribution is 5.93. The number of ketones is 1. The number of ether oxygens (including phenoxy) is 2. The van der Waals surface area contributed by atoms with Crippen LogP contribution in [0.3, 0.4) is 0 Å². The third-order valence-corrected chi connectivity index (χ3v) is 3.86. The van der Waals surface area contributed by atoms with Crippen LogP contribution in [-0.4, -0.2) is 34.7 Å². The highest BCUT2D eigenvalue weighted by atomic mass is 16.5. The predicted octanol–water partition coefficient (Wildman–Crippen LogP) is 2.55. The minimum atomic E-state index is -0.664. The molecule has 2 aromatic rings. The van der Waals surface area contributed by atoms with Gasteiger partial charge in [-0.1, -0.05) is 18.2 Å². The van der Waals surface area contributed by atoms with Crippen molar-refractivity contribution in [3.05, 3.63) is 42.2 Å². The van der Waals surface area contributed by atoms with E-state index in [4.69, 9.17) is 9.47 Å². The van der Waals surface area contributed by atoms with Crippen LogP contribution in [0.2, 0.25) is 0 Å². The molecule has 0 unspecified atom stereocenters. The number of hydrogen-bond acceptors (Lipinski definition) is 5. The fraction of sp³-hybridized carbons (Fsp3) is 0.353. The SMILES string of the molecule is COc1cn(-c2ccccc2)nc1C(=O)O[C@@H]1CCCCC1=O. The summed E-state index contributed by atoms with van der Waals surface area (Å²) in [5.41, 5.74) is 0.883. The maximum atomic E-state index is 12.4. The number of carbonyl (C=O) groups is 2. The summed E-state index contributed by atoms with van der Waals surface area (Å²) in [6.07, 6.45) is 3.75. The Morgan fingerprint density at radius 1 is 1.26 bits per heavy atom. The lowest BCUT2D eigenvalue weighted by Crippen LogP contribution is -2.30. The van der Waals surface area contributed by atoms with Crippen LogP contribution >= 0.6 is 0 Å². The number of hydrogen-bond donors (Lipinski definition) is 0. The van der Waals surface area contributed by atoms with Gasteiger partial charge in [0.2, 0.25) is 5.69 Å². The minimum absolute atomic E-state index is 0.0222. The number of benzene rings is 1. The Morgan fingerprint density at radius 2 is 2.04 bits per heavy atom. The fourth-order valence-corrected chi connectivity index (χ4v) is 2.62. The second kappa shape index (κ2) is 6.64. The third kappa shape index (κ3) is 3.26. The Bertz CT molecular complexity index is 709. The van der Waals surface area contributed by atoms with Crippen molar-refractivity contribution >= 4 is 11.8 Å². The molecule has 1 atom stereocenters. The van der Waals surface area contributed by atoms with E-state index in [-0.39, 0.29) is 11.5 Å². The zero-order valence-corrected chi connectivity index (χ0v) is 12.9. The second-order valence-corrected chi connectivity index (χ2v) is 5.43. The van der Waals surface area contributed by atoms with Crippen LogP contribution in [0.15, 0.2) is 36.5 Å². The standard InChI is InChI=1S/C17H18N2O4/c1-22-15-11-19(12-7-3-2-4-8-12)18-16(15)17(21)23-14-10-6-5-9-13(14)20/h2-4,7-8,11,14H,5-6,9-10H2,1H3/t14-/m1/s1. The van der Waals surface area contributed by atoms with Crippen molar-refractivity contribution in [1.29, 1.82) is 0 Å². The van der Waals surface area contributed by atoms with Crippen LogP contribution in [0.5, 0.6) is 5.75 Å². The molecular formula is C17H18N2O4. The van der Waals surface area contributed by atoms with E-state index in [9.17, 15) is 9.59 Å². The first-order valence-corrected chi connectivity index (χ1v) is 7.62. The van der Waals surface area contributed by atoms with Crippen LogP contribution in [0.1, 0.15) is 36.2 Å². The number of carbonyl (C=O) groups excluding carboxylic acids is 2. The number of rotatable bonds is 4. The van der Waals surface area contributed by atoms with Crippen molar-refractivity contribution in [2.45, 2.75) is 31.8 Å². The molecule has 0 spiro atoms. The van der Waals surface area contributed by atoms with Crippen molar-refractivity contribution in [2.24, 2.45) is 0 Å². The van der Waals surface area contributed by atoms with Crippen LogP contribution in [0.25, 0.3) is 5.69 Å². The van der Waals surface area contributed by atoms with Crippen LogP contribution in [0.4, 0.5) is 0 Å². The first kappa shape index (κ1) is 15.3. The number of aromatic nitrogens is 2. The number of nitrogens with zero attached hydrogens (tertiary/aromatic N) is 2. The van der Waals surface area contributed by atoms with E-state index in [1.165, 1.54) is 7.11 Å². The molecule has 6 nitrogen and oxygen atoms in total. The molecule has 1 aliphatic rings. The summed E-state index contributed by atoms with van der Waals surface area (Å²) >= 11 is 0. The van der Waals surface area contributed by atoms with E-state index in [0.717, 1.165) is 18.5 Å². The van der Waals surface area contributed by atoms with E-state index >= 15 is 0 Å². The molecule has 0 amide bonds. The maximum absolute atomic E-state index is 12.4. The fourth-order valence-electron chi connectivity index (χ4n) is 2.62. The van der Waals surface area contributed by atoms with Crippen LogP contribution < -0.4 is 4.74 Å². The van der Waals surface area contributed by atoms with Gasteiger partial charge in [-0.15, -0.1) is 0 Å². The molecule has 0 bridgehead atoms. The molecule has 1 aromatic heterocycles. The summed E-state index contributed by atoms with van der Waals surface area (Å²) in [6, 6.07) is 9.39. The lowest BCUT2D eigenvalue weighted by molar-refractivity contribution is -0.129. The Balaban J connectivity index is 1.82. The average molecular weight is 314 g/mol. The molecule has 6 heteroatoms. The van der Waals surface area contributed by atoms with Gasteiger partial charge in [-0.2, -0.15) is 5.10 Å². The van der Waals surface area contributed by atoms with E-state index in [1.807, 2.05) is 30.3 Å². The first-order valence-electron chi connectivity index (χ1n) is 7.62. The van der Waals surface area contributed by atoms with Gasteiger partial charge in [0.05, 0.1) is 19.0 Å². The van der Waals surface area contributed by atoms with Gasteiger partial charge in [0.1, 0.15) is 0 Å². The zero-order valence-electron chi connectivity index (χ0n) is 12.9. The summed E-state index contributed by atoms with van der Waals surface area (Å²) in [6.45, 7) is 0. The lowest BCUT2D eigenvalue weighted by Gasteiger charge is -2.20. The smallest absolute Gasteiger partial charge is 0.363 e. The molecule has 0 radical (unpaired) electrons. The lowest BCUT2D eigenvalue weighted by atomic mass is 9.96. The van der Waals surface area contributed by atoms with Crippen LogP contribution in [0, 0.1) is 0 Å². The highest BCUT2D eigenvalue weighted by Gasteiger charge is 2.29. The zero-order chi connectivity index (χ0) is 16.2. The molecule has 3 rings (SSSR count). The normalized spacial score (nSPS) is 17.8. The summed E-state index contributed by atoms with van der Waals surface area (Å²) in [5, 5.41) is 4.25. The number of para-hydroxylation sites is 1. The molecule has 0 aliphatic heterocycles. The Morgan fingerprint density at radius 3 is 2.74 bits per heavy atom. The van der Waals surface area contributed by atoms with E-state index in [2.05, 4.69) is 5.10 Å². The Labute approximate surface area is 134 Å². The van der Waals surface area contributed by atoms with Gasteiger partial charge in [0.15, 0.2) is 17.6 Å². The van der Waals surface area contributed by atoms with E-state index < -0.39 is 12.1 Å². The van der Waals surface area contributed by atoms with Crippen LogP contribution in [-0.2, 0) is 9.53 Å². The van der Waals surface area contributed by atoms with Gasteiger partial charge < -0.3 is 9.47 Å². The Hall–Kier alpha value is -2.63. The molecule has 120 valence electrons. The van der Waals surface area contributed by atoms with Crippen molar-refractivity contribution < 1.29 is 19.1 Å². The molecule has 1 heterocycles. The Kier molecular flexibility index (Phi) is 4.41. The van der Waals surface area contributed by atoms with E-state index in [0.29, 0.717) is 18.6 Å². The van der Waals surface area contributed by atoms with Gasteiger partial charge in [-0.3, -0.25) is 4.79 Å². The van der Waals surface area contributed by atoms with Crippen molar-refractivity contribution in [2.75, 3.05) is 7.11 Å². The predicted molar refractivity (Wildman–Crippen MR) is 82.8 cm³/mol. The number of esters is 1. The number of Topliss-reactive ketones (excluding diaryl/α,β-unsaturated/α-hetero) is 1. The monoisotopic (exact) mass is 314 g/mol. The maximum Gasteiger partial charge on any atom is 0.363 e. The van der Waals surface area contributed by atoms with Crippen molar-refractivity contribution in [1.82, 2.24) is 9.78 Å². The van der Waals surface area contributed by atoms with Gasteiger partial charge in [-0.25, -0.2) is 9.48 Å². The molecule has 1 aliphatic carbocycles. The second-order valence-electron chi connectivity index (χ2n) is 5.43. The highest BCUT2D eigenvalue weighted by Crippen LogP contribution is 2.23. The largest absolute Gasteiger partial charge is 0.493 e. The summed E-state index contributed by atoms with van der Waals surface area (Å²) in [5.74, 6) is -0.329. The number of methoxy groups -OCH3 is 1. The first-order chi connectivity index (χ1) is 11.2. The molecule has 23 heavy (non-hydrogen) atoms. The van der Waals surface area contributed by atoms with Gasteiger partial charge in [0, 0.05) is 6.42 Å². The van der Waals surface area contributed by atoms with Gasteiger partial charge in [-0.05, 0) is 31.4 Å². The van der Waals surface area contributed by atoms with E-state index in [1.54, 1.807) is 10.9 Å². The molecule has 1 fully saturated rings. The summed E-state index contributed by atoms with van der Waals surface area (Å²) < 4.78 is 12.1. The average Bonchev–Trinajstić information content (AvgIpc) is 3.02. The minimum Gasteiger partial charge on any atom is -0.493 e. The summed E-state index contributed by atoms with van der Waals surface area (Å²) in [7, 11) is 1.47. The molecule has 1 saturated carbocycles. The molecule has 0 saturated heterocycles. The third-order valence-electron chi connectivity index (χ3n) is 3.86. The molecule has 0 N–H and O–H groups in total.